The second-order valence-electron chi connectivity index (χ2n) is 6.32. The highest BCUT2D eigenvalue weighted by molar-refractivity contribution is 8.47. The van der Waals surface area contributed by atoms with Gasteiger partial charge in [-0.3, -0.25) is 9.16 Å². The second kappa shape index (κ2) is 3.30. The first-order chi connectivity index (χ1) is 6.17. The van der Waals surface area contributed by atoms with Crippen molar-refractivity contribution >= 4 is 9.16 Å². The Morgan fingerprint density at radius 1 is 0.857 bits per heavy atom. The van der Waals surface area contributed by atoms with Gasteiger partial charge in [0.15, 0.2) is 0 Å². The normalized spacial score (nSPS) is 15.2. The summed E-state index contributed by atoms with van der Waals surface area (Å²) in [7, 11) is -1.55. The van der Waals surface area contributed by atoms with Gasteiger partial charge in [-0.1, -0.05) is 38.1 Å². The van der Waals surface area contributed by atoms with E-state index >= 15 is 0 Å². The molecule has 0 saturated carbocycles. The van der Waals surface area contributed by atoms with Gasteiger partial charge in [-0.15, -0.1) is 0 Å². The third kappa shape index (κ3) is 2.78. The quantitative estimate of drug-likeness (QED) is 0.709. The van der Waals surface area contributed by atoms with E-state index in [1.54, 1.807) is 0 Å². The summed E-state index contributed by atoms with van der Waals surface area (Å²) in [6.07, 6.45) is 9.60. The molecule has 0 unspecified atom stereocenters. The lowest BCUT2D eigenvalue weighted by Crippen LogP contribution is -2.10. The van der Waals surface area contributed by atoms with Crippen LogP contribution in [0.2, 0.25) is 0 Å². The molecule has 0 radical (unpaired) electrons. The van der Waals surface area contributed by atoms with E-state index in [9.17, 15) is 0 Å². The van der Waals surface area contributed by atoms with Gasteiger partial charge in [0.05, 0.1) is 0 Å². The fourth-order valence-corrected chi connectivity index (χ4v) is 2.80. The maximum atomic E-state index is 2.40. The van der Waals surface area contributed by atoms with Gasteiger partial charge < -0.3 is 0 Å². The molecule has 0 aliphatic heterocycles. The van der Waals surface area contributed by atoms with Crippen molar-refractivity contribution in [3.63, 3.8) is 0 Å². The maximum absolute atomic E-state index is 2.40. The van der Waals surface area contributed by atoms with Crippen molar-refractivity contribution < 1.29 is 0 Å². The Kier molecular flexibility index (Phi) is 2.75. The van der Waals surface area contributed by atoms with Gasteiger partial charge in [-0.25, -0.2) is 0 Å². The fourth-order valence-electron chi connectivity index (χ4n) is 1.46. The molecule has 1 heteroatoms. The molecular weight excluding hydrogens is 188 g/mol. The van der Waals surface area contributed by atoms with E-state index in [1.165, 1.54) is 10.5 Å². The van der Waals surface area contributed by atoms with Crippen molar-refractivity contribution in [2.24, 2.45) is 0 Å². The van der Waals surface area contributed by atoms with Crippen LogP contribution >= 0.6 is 9.16 Å². The zero-order valence-electron chi connectivity index (χ0n) is 10.3. The van der Waals surface area contributed by atoms with Crippen LogP contribution < -0.4 is 0 Å². The molecule has 0 amide bonds. The Hall–Kier alpha value is -0.430. The van der Waals surface area contributed by atoms with E-state index in [0.717, 1.165) is 0 Å². The van der Waals surface area contributed by atoms with E-state index in [-0.39, 0.29) is 0 Å². The average Bonchev–Trinajstić information content (AvgIpc) is 2.01. The molecule has 0 nitrogen and oxygen atoms in total. The van der Waals surface area contributed by atoms with Gasteiger partial charge in [-0.05, 0) is 41.4 Å². The molecule has 0 aromatic heterocycles. The zero-order valence-corrected chi connectivity index (χ0v) is 11.2. The van der Waals surface area contributed by atoms with Crippen molar-refractivity contribution in [2.45, 2.75) is 24.7 Å². The minimum atomic E-state index is -1.55. The molecule has 0 bridgehead atoms. The molecule has 0 spiro atoms. The molecule has 0 atom stereocenters. The highest BCUT2D eigenvalue weighted by Gasteiger charge is 2.20. The van der Waals surface area contributed by atoms with E-state index in [1.807, 2.05) is 0 Å². The molecule has 1 aromatic rings. The number of thiol groups is 1. The number of rotatable bonds is 2. The number of benzene rings is 1. The summed E-state index contributed by atoms with van der Waals surface area (Å²) < 4.78 is 0. The largest absolute Gasteiger partial charge is 0.272 e. The summed E-state index contributed by atoms with van der Waals surface area (Å²) in [5, 5.41) is 0. The summed E-state index contributed by atoms with van der Waals surface area (Å²) in [6.45, 7) is 4.48. The van der Waals surface area contributed by atoms with Gasteiger partial charge in [0.2, 0.25) is 0 Å². The van der Waals surface area contributed by atoms with E-state index in [0.29, 0.717) is 5.92 Å². The smallest absolute Gasteiger partial charge is 0.0219 e. The minimum absolute atomic E-state index is 0.637. The lowest BCUT2D eigenvalue weighted by Gasteiger charge is -2.47. The van der Waals surface area contributed by atoms with Gasteiger partial charge in [0.1, 0.15) is 0 Å². The van der Waals surface area contributed by atoms with Crippen LogP contribution in [0, 0.1) is 0 Å². The predicted octanol–water partition coefficient (Wildman–Crippen LogP) is 3.76. The van der Waals surface area contributed by atoms with Gasteiger partial charge in [0, 0.05) is 0 Å². The Bertz CT molecular complexity index is 302. The molecule has 1 rings (SSSR count). The molecular formula is C13H24S. The Labute approximate surface area is 89.0 Å². The average molecular weight is 212 g/mol. The molecule has 0 N–H and O–H groups in total. The standard InChI is InChI=1S/C13H24S/c1-11(2)12-7-9-13(10-8-12)14(3,4,5)6/h7-11,14H,1-6H3. The van der Waals surface area contributed by atoms with Crippen LogP contribution in [-0.2, 0) is 0 Å². The van der Waals surface area contributed by atoms with Crippen LogP contribution in [-0.4, -0.2) is 25.0 Å². The number of hydrogen-bond donors (Lipinski definition) is 1. The first-order valence-electron chi connectivity index (χ1n) is 5.28. The first kappa shape index (κ1) is 11.6. The van der Waals surface area contributed by atoms with Crippen molar-refractivity contribution in [3.05, 3.63) is 29.8 Å². The van der Waals surface area contributed by atoms with Crippen molar-refractivity contribution in [1.82, 2.24) is 0 Å². The molecule has 0 saturated heterocycles. The summed E-state index contributed by atoms with van der Waals surface area (Å²) in [5.41, 5.74) is 1.44. The van der Waals surface area contributed by atoms with Crippen LogP contribution in [0.3, 0.4) is 0 Å². The second-order valence-corrected chi connectivity index (χ2v) is 14.0. The molecule has 14 heavy (non-hydrogen) atoms. The summed E-state index contributed by atoms with van der Waals surface area (Å²) >= 11 is 0. The molecule has 0 heterocycles. The summed E-state index contributed by atoms with van der Waals surface area (Å²) in [5.74, 6) is 0.637. The minimum Gasteiger partial charge on any atom is -0.272 e. The van der Waals surface area contributed by atoms with Crippen LogP contribution in [0.25, 0.3) is 0 Å². The predicted molar refractivity (Wildman–Crippen MR) is 71.5 cm³/mol. The molecule has 1 aromatic carbocycles. The van der Waals surface area contributed by atoms with Crippen LogP contribution in [0.5, 0.6) is 0 Å². The zero-order chi connectivity index (χ0) is 11.0. The molecule has 0 aliphatic carbocycles. The Morgan fingerprint density at radius 2 is 1.29 bits per heavy atom. The van der Waals surface area contributed by atoms with Crippen molar-refractivity contribution in [3.8, 4) is 0 Å². The highest BCUT2D eigenvalue weighted by atomic mass is 32.3. The SMILES string of the molecule is CC(C)c1ccc([SH](C)(C)(C)C)cc1. The highest BCUT2D eigenvalue weighted by Crippen LogP contribution is 2.63. The Morgan fingerprint density at radius 3 is 1.57 bits per heavy atom. The van der Waals surface area contributed by atoms with E-state index in [2.05, 4.69) is 63.1 Å². The van der Waals surface area contributed by atoms with Crippen molar-refractivity contribution in [2.75, 3.05) is 25.0 Å². The van der Waals surface area contributed by atoms with E-state index < -0.39 is 9.16 Å². The summed E-state index contributed by atoms with van der Waals surface area (Å²) in [4.78, 5) is 1.53. The van der Waals surface area contributed by atoms with Crippen LogP contribution in [0.15, 0.2) is 29.2 Å². The molecule has 82 valence electrons. The third-order valence-electron chi connectivity index (χ3n) is 2.59. The monoisotopic (exact) mass is 212 g/mol. The lowest BCUT2D eigenvalue weighted by molar-refractivity contribution is 0.864. The van der Waals surface area contributed by atoms with Crippen molar-refractivity contribution in [1.29, 1.82) is 0 Å². The van der Waals surface area contributed by atoms with Gasteiger partial charge in [-0.2, -0.15) is 0 Å². The van der Waals surface area contributed by atoms with E-state index in [4.69, 9.17) is 0 Å². The summed E-state index contributed by atoms with van der Waals surface area (Å²) in [6, 6.07) is 9.18. The first-order valence-corrected chi connectivity index (χ1v) is 9.30. The van der Waals surface area contributed by atoms with Crippen LogP contribution in [0.4, 0.5) is 0 Å². The molecule has 0 aliphatic rings. The van der Waals surface area contributed by atoms with Gasteiger partial charge in [0.25, 0.3) is 0 Å². The van der Waals surface area contributed by atoms with Gasteiger partial charge >= 0.3 is 0 Å². The number of hydrogen-bond acceptors (Lipinski definition) is 0. The molecule has 0 fully saturated rings. The lowest BCUT2D eigenvalue weighted by atomic mass is 10.0. The fraction of sp³-hybridized carbons (Fsp3) is 0.538. The Balaban J connectivity index is 3.07. The third-order valence-corrected chi connectivity index (χ3v) is 4.96. The van der Waals surface area contributed by atoms with Crippen LogP contribution in [0.1, 0.15) is 25.3 Å². The maximum Gasteiger partial charge on any atom is -0.0219 e. The topological polar surface area (TPSA) is 0 Å².